The maximum Gasteiger partial charge on any atom is 0.244 e. The molecule has 5 nitrogen and oxygen atoms in total. The highest BCUT2D eigenvalue weighted by Crippen LogP contribution is 2.29. The van der Waals surface area contributed by atoms with Gasteiger partial charge in [0.15, 0.2) is 9.84 Å². The number of hydrogen-bond donors (Lipinski definition) is 1. The molecular formula is C24H21ClN2O3S. The number of carbonyl (C=O) groups is 1. The Bertz CT molecular complexity index is 1380. The summed E-state index contributed by atoms with van der Waals surface area (Å²) in [6.07, 6.45) is 1.54. The molecule has 0 aliphatic carbocycles. The Morgan fingerprint density at radius 2 is 1.65 bits per heavy atom. The summed E-state index contributed by atoms with van der Waals surface area (Å²) in [6, 6.07) is 21.6. The van der Waals surface area contributed by atoms with Crippen molar-refractivity contribution in [1.29, 1.82) is 0 Å². The Morgan fingerprint density at radius 1 is 0.968 bits per heavy atom. The van der Waals surface area contributed by atoms with E-state index < -0.39 is 9.84 Å². The summed E-state index contributed by atoms with van der Waals surface area (Å²) in [5.41, 5.74) is 2.91. The van der Waals surface area contributed by atoms with Crippen LogP contribution in [0.2, 0.25) is 5.02 Å². The fraction of sp³-hybridized carbons (Fsp3) is 0.125. The number of carbonyl (C=O) groups excluding carboxylic acids is 1. The standard InChI is InChI=1S/C24H21ClN2O3S/c1-17-8-2-6-12-21(17)26-24(28)15-27-14-23(19-10-4-7-13-22(19)27)31(29,30)16-18-9-3-5-11-20(18)25/h2-14H,15-16H2,1H3,(H,26,28). The number of fused-ring (bicyclic) bond motifs is 1. The van der Waals surface area contributed by atoms with E-state index in [1.807, 2.05) is 43.3 Å². The van der Waals surface area contributed by atoms with E-state index in [0.29, 0.717) is 21.5 Å². The number of sulfone groups is 1. The van der Waals surface area contributed by atoms with E-state index >= 15 is 0 Å². The molecule has 31 heavy (non-hydrogen) atoms. The zero-order valence-corrected chi connectivity index (χ0v) is 18.5. The number of hydrogen-bond acceptors (Lipinski definition) is 3. The van der Waals surface area contributed by atoms with Gasteiger partial charge in [0.05, 0.1) is 10.6 Å². The molecule has 0 radical (unpaired) electrons. The summed E-state index contributed by atoms with van der Waals surface area (Å²) in [5.74, 6) is -0.444. The number of aromatic nitrogens is 1. The molecule has 0 unspecified atom stereocenters. The lowest BCUT2D eigenvalue weighted by Crippen LogP contribution is -2.18. The molecule has 0 bridgehead atoms. The van der Waals surface area contributed by atoms with Crippen LogP contribution >= 0.6 is 11.6 Å². The Hall–Kier alpha value is -3.09. The van der Waals surface area contributed by atoms with Gasteiger partial charge < -0.3 is 9.88 Å². The number of anilines is 1. The molecule has 1 amide bonds. The fourth-order valence-corrected chi connectivity index (χ4v) is 5.44. The van der Waals surface area contributed by atoms with Gasteiger partial charge in [0.1, 0.15) is 6.54 Å². The second kappa shape index (κ2) is 8.57. The third-order valence-electron chi connectivity index (χ3n) is 5.12. The summed E-state index contributed by atoms with van der Waals surface area (Å²) in [7, 11) is -3.68. The predicted molar refractivity (Wildman–Crippen MR) is 124 cm³/mol. The van der Waals surface area contributed by atoms with Crippen molar-refractivity contribution in [3.8, 4) is 0 Å². The summed E-state index contributed by atoms with van der Waals surface area (Å²) in [5, 5.41) is 3.88. The number of para-hydroxylation sites is 2. The van der Waals surface area contributed by atoms with Gasteiger partial charge >= 0.3 is 0 Å². The number of nitrogens with zero attached hydrogens (tertiary/aromatic N) is 1. The van der Waals surface area contributed by atoms with Gasteiger partial charge in [-0.1, -0.05) is 66.2 Å². The molecule has 4 rings (SSSR count). The monoisotopic (exact) mass is 452 g/mol. The highest BCUT2D eigenvalue weighted by atomic mass is 35.5. The zero-order valence-electron chi connectivity index (χ0n) is 16.9. The van der Waals surface area contributed by atoms with E-state index in [1.165, 1.54) is 6.20 Å². The van der Waals surface area contributed by atoms with Crippen LogP contribution in [0.1, 0.15) is 11.1 Å². The average molecular weight is 453 g/mol. The number of halogens is 1. The van der Waals surface area contributed by atoms with E-state index in [1.54, 1.807) is 41.0 Å². The van der Waals surface area contributed by atoms with Crippen molar-refractivity contribution in [2.75, 3.05) is 5.32 Å². The van der Waals surface area contributed by atoms with E-state index in [0.717, 1.165) is 11.3 Å². The molecule has 158 valence electrons. The summed E-state index contributed by atoms with van der Waals surface area (Å²) in [4.78, 5) is 12.9. The van der Waals surface area contributed by atoms with Gasteiger partial charge in [0, 0.05) is 27.8 Å². The number of amides is 1. The molecule has 0 saturated carbocycles. The first-order valence-corrected chi connectivity index (χ1v) is 11.8. The molecule has 0 atom stereocenters. The van der Waals surface area contributed by atoms with Gasteiger partial charge in [0.25, 0.3) is 0 Å². The lowest BCUT2D eigenvalue weighted by Gasteiger charge is -2.09. The first-order chi connectivity index (χ1) is 14.8. The van der Waals surface area contributed by atoms with Gasteiger partial charge in [-0.3, -0.25) is 4.79 Å². The summed E-state index contributed by atoms with van der Waals surface area (Å²) in [6.45, 7) is 1.91. The highest BCUT2D eigenvalue weighted by Gasteiger charge is 2.23. The summed E-state index contributed by atoms with van der Waals surface area (Å²) < 4.78 is 28.1. The van der Waals surface area contributed by atoms with Crippen molar-refractivity contribution in [1.82, 2.24) is 4.57 Å². The van der Waals surface area contributed by atoms with Crippen LogP contribution in [0.15, 0.2) is 83.9 Å². The molecule has 4 aromatic rings. The minimum atomic E-state index is -3.68. The fourth-order valence-electron chi connectivity index (χ4n) is 3.55. The molecule has 0 fully saturated rings. The minimum absolute atomic E-state index is 0.00351. The van der Waals surface area contributed by atoms with Crippen LogP contribution in [-0.4, -0.2) is 18.9 Å². The van der Waals surface area contributed by atoms with Crippen LogP contribution in [0, 0.1) is 6.92 Å². The maximum absolute atomic E-state index is 13.2. The lowest BCUT2D eigenvalue weighted by atomic mass is 10.2. The van der Waals surface area contributed by atoms with Crippen LogP contribution in [0.3, 0.4) is 0 Å². The van der Waals surface area contributed by atoms with Crippen molar-refractivity contribution >= 4 is 43.9 Å². The SMILES string of the molecule is Cc1ccccc1NC(=O)Cn1cc(S(=O)(=O)Cc2ccccc2Cl)c2ccccc21. The van der Waals surface area contributed by atoms with Gasteiger partial charge in [-0.05, 0) is 36.2 Å². The number of aryl methyl sites for hydroxylation is 1. The van der Waals surface area contributed by atoms with Crippen molar-refractivity contribution in [2.45, 2.75) is 24.1 Å². The van der Waals surface area contributed by atoms with Crippen LogP contribution in [-0.2, 0) is 26.9 Å². The van der Waals surface area contributed by atoms with Gasteiger partial charge in [0.2, 0.25) is 5.91 Å². The van der Waals surface area contributed by atoms with Crippen molar-refractivity contribution < 1.29 is 13.2 Å². The van der Waals surface area contributed by atoms with E-state index in [-0.39, 0.29) is 23.1 Å². The van der Waals surface area contributed by atoms with E-state index in [4.69, 9.17) is 11.6 Å². The molecular weight excluding hydrogens is 432 g/mol. The molecule has 1 N–H and O–H groups in total. The topological polar surface area (TPSA) is 68.2 Å². The van der Waals surface area contributed by atoms with Crippen LogP contribution in [0.5, 0.6) is 0 Å². The Morgan fingerprint density at radius 3 is 2.42 bits per heavy atom. The number of benzene rings is 3. The van der Waals surface area contributed by atoms with Crippen molar-refractivity contribution in [3.63, 3.8) is 0 Å². The van der Waals surface area contributed by atoms with Crippen molar-refractivity contribution in [2.24, 2.45) is 0 Å². The first-order valence-electron chi connectivity index (χ1n) is 9.75. The third-order valence-corrected chi connectivity index (χ3v) is 7.18. The quantitative estimate of drug-likeness (QED) is 0.436. The van der Waals surface area contributed by atoms with Crippen LogP contribution < -0.4 is 5.32 Å². The first kappa shape index (κ1) is 21.2. The second-order valence-corrected chi connectivity index (χ2v) is 9.72. The highest BCUT2D eigenvalue weighted by molar-refractivity contribution is 7.90. The molecule has 1 heterocycles. The van der Waals surface area contributed by atoms with Crippen molar-refractivity contribution in [3.05, 3.63) is 95.1 Å². The molecule has 0 saturated heterocycles. The molecule has 7 heteroatoms. The second-order valence-electron chi connectivity index (χ2n) is 7.35. The third kappa shape index (κ3) is 4.50. The van der Waals surface area contributed by atoms with Crippen LogP contribution in [0.25, 0.3) is 10.9 Å². The Balaban J connectivity index is 1.67. The minimum Gasteiger partial charge on any atom is -0.337 e. The Labute approximate surface area is 186 Å². The number of rotatable bonds is 6. The summed E-state index contributed by atoms with van der Waals surface area (Å²) >= 11 is 6.18. The molecule has 0 spiro atoms. The average Bonchev–Trinajstić information content (AvgIpc) is 3.11. The largest absolute Gasteiger partial charge is 0.337 e. The normalized spacial score (nSPS) is 11.5. The van der Waals surface area contributed by atoms with Crippen LogP contribution in [0.4, 0.5) is 5.69 Å². The molecule has 1 aromatic heterocycles. The number of nitrogens with one attached hydrogen (secondary N) is 1. The van der Waals surface area contributed by atoms with E-state index in [2.05, 4.69) is 5.32 Å². The van der Waals surface area contributed by atoms with Gasteiger partial charge in [-0.15, -0.1) is 0 Å². The maximum atomic E-state index is 13.2. The Kier molecular flexibility index (Phi) is 5.85. The van der Waals surface area contributed by atoms with Gasteiger partial charge in [-0.25, -0.2) is 8.42 Å². The zero-order chi connectivity index (χ0) is 22.0. The smallest absolute Gasteiger partial charge is 0.244 e. The molecule has 0 aliphatic heterocycles. The predicted octanol–water partition coefficient (Wildman–Crippen LogP) is 5.22. The lowest BCUT2D eigenvalue weighted by molar-refractivity contribution is -0.116. The molecule has 0 aliphatic rings. The molecule has 3 aromatic carbocycles. The van der Waals surface area contributed by atoms with E-state index in [9.17, 15) is 13.2 Å². The van der Waals surface area contributed by atoms with Gasteiger partial charge in [-0.2, -0.15) is 0 Å².